The summed E-state index contributed by atoms with van der Waals surface area (Å²) in [6, 6.07) is -0.313. The van der Waals surface area contributed by atoms with Gasteiger partial charge in [0, 0.05) is 12.2 Å². The molecule has 3 rings (SSSR count). The molecule has 136 valence electrons. The predicted octanol–water partition coefficient (Wildman–Crippen LogP) is -1.04. The highest BCUT2D eigenvalue weighted by molar-refractivity contribution is 5.63. The Labute approximate surface area is 140 Å². The third-order valence-corrected chi connectivity index (χ3v) is 3.48. The largest absolute Gasteiger partial charge is 0.535 e. The highest BCUT2D eigenvalue weighted by Gasteiger charge is 2.54. The molecule has 12 nitrogen and oxygen atoms in total. The zero-order valence-corrected chi connectivity index (χ0v) is 12.9. The Kier molecular flexibility index (Phi) is 4.35. The number of H-pyrrole nitrogens is 1. The smallest absolute Gasteiger partial charge is 0.433 e. The summed E-state index contributed by atoms with van der Waals surface area (Å²) in [6.45, 7) is 1.18. The Hall–Kier alpha value is -2.86. The van der Waals surface area contributed by atoms with Gasteiger partial charge >= 0.3 is 18.0 Å². The number of hydrogen-bond acceptors (Lipinski definition) is 10. The maximum atomic E-state index is 12.3. The Morgan fingerprint density at radius 2 is 2.24 bits per heavy atom. The summed E-state index contributed by atoms with van der Waals surface area (Å²) in [4.78, 5) is 41.3. The number of carbonyl (C=O) groups is 2. The van der Waals surface area contributed by atoms with E-state index in [-0.39, 0.29) is 18.1 Å². The van der Waals surface area contributed by atoms with E-state index in [9.17, 15) is 19.5 Å². The molecule has 0 aromatic carbocycles. The van der Waals surface area contributed by atoms with E-state index in [1.54, 1.807) is 6.92 Å². The van der Waals surface area contributed by atoms with Crippen molar-refractivity contribution in [2.45, 2.75) is 31.5 Å². The maximum absolute atomic E-state index is 12.3. The van der Waals surface area contributed by atoms with Gasteiger partial charge in [-0.05, 0) is 6.92 Å². The fourth-order valence-corrected chi connectivity index (χ4v) is 2.45. The van der Waals surface area contributed by atoms with Crippen LogP contribution in [-0.4, -0.2) is 58.5 Å². The normalized spacial score (nSPS) is 28.8. The lowest BCUT2D eigenvalue weighted by molar-refractivity contribution is -0.0736. The first-order valence-electron chi connectivity index (χ1n) is 7.78. The molecule has 1 aromatic heterocycles. The van der Waals surface area contributed by atoms with Crippen LogP contribution in [0.2, 0.25) is 0 Å². The van der Waals surface area contributed by atoms with E-state index in [2.05, 4.69) is 19.7 Å². The summed E-state index contributed by atoms with van der Waals surface area (Å²) in [5.41, 5.74) is -1.11. The third-order valence-electron chi connectivity index (χ3n) is 3.48. The molecular weight excluding hydrogens is 342 g/mol. The Morgan fingerprint density at radius 3 is 2.96 bits per heavy atom. The number of aromatic nitrogens is 2. The minimum atomic E-state index is -1.11. The van der Waals surface area contributed by atoms with E-state index in [1.807, 2.05) is 0 Å². The van der Waals surface area contributed by atoms with E-state index in [0.717, 1.165) is 10.8 Å². The van der Waals surface area contributed by atoms with Crippen LogP contribution in [0, 0.1) is 0 Å². The van der Waals surface area contributed by atoms with E-state index in [0.29, 0.717) is 0 Å². The lowest BCUT2D eigenvalue weighted by Crippen LogP contribution is -2.37. The summed E-state index contributed by atoms with van der Waals surface area (Å²) >= 11 is 0. The fourth-order valence-electron chi connectivity index (χ4n) is 2.45. The molecule has 4 atom stereocenters. The highest BCUT2D eigenvalue weighted by Crippen LogP contribution is 2.36. The lowest BCUT2D eigenvalue weighted by atomic mass is 10.1. The SMILES string of the molecule is [2H]c1cn([C@@H]2O[C@H](CO)[C@H]3OC(=O)O[C@H]32)c(=O)[nH]/c1=N\OC(=O)OCC. The van der Waals surface area contributed by atoms with Gasteiger partial charge in [-0.25, -0.2) is 14.4 Å². The molecule has 0 unspecified atom stereocenters. The van der Waals surface area contributed by atoms with Crippen LogP contribution in [0.25, 0.3) is 0 Å². The summed E-state index contributed by atoms with van der Waals surface area (Å²) in [5, 5.41) is 12.7. The second-order valence-corrected chi connectivity index (χ2v) is 4.99. The van der Waals surface area contributed by atoms with Crippen molar-refractivity contribution in [3.63, 3.8) is 0 Å². The van der Waals surface area contributed by atoms with Crippen LogP contribution in [-0.2, 0) is 23.8 Å². The quantitative estimate of drug-likeness (QED) is 0.390. The summed E-state index contributed by atoms with van der Waals surface area (Å²) in [6.07, 6.45) is -4.82. The molecule has 3 heterocycles. The molecule has 2 fully saturated rings. The first-order chi connectivity index (χ1) is 12.4. The zero-order chi connectivity index (χ0) is 18.8. The fraction of sp³-hybridized carbons (Fsp3) is 0.538. The summed E-state index contributed by atoms with van der Waals surface area (Å²) in [7, 11) is 0. The van der Waals surface area contributed by atoms with Crippen LogP contribution in [0.4, 0.5) is 9.59 Å². The van der Waals surface area contributed by atoms with E-state index < -0.39 is 49.1 Å². The number of aliphatic hydroxyl groups excluding tert-OH is 1. The number of aliphatic hydroxyl groups is 1. The number of ether oxygens (including phenoxy) is 4. The molecule has 25 heavy (non-hydrogen) atoms. The van der Waals surface area contributed by atoms with Crippen LogP contribution in [0.5, 0.6) is 0 Å². The molecule has 0 amide bonds. The van der Waals surface area contributed by atoms with Gasteiger partial charge in [0.25, 0.3) is 0 Å². The van der Waals surface area contributed by atoms with Gasteiger partial charge in [-0.1, -0.05) is 5.16 Å². The van der Waals surface area contributed by atoms with Crippen molar-refractivity contribution in [1.82, 2.24) is 9.55 Å². The van der Waals surface area contributed by atoms with Gasteiger partial charge in [-0.2, -0.15) is 0 Å². The number of nitrogens with zero attached hydrogens (tertiary/aromatic N) is 2. The van der Waals surface area contributed by atoms with Crippen molar-refractivity contribution >= 4 is 12.3 Å². The summed E-state index contributed by atoms with van der Waals surface area (Å²) in [5.74, 6) is 0. The van der Waals surface area contributed by atoms with Crippen molar-refractivity contribution in [3.8, 4) is 0 Å². The first kappa shape index (κ1) is 15.7. The number of fused-ring (bicyclic) bond motifs is 1. The Balaban J connectivity index is 1.89. The molecule has 0 spiro atoms. The van der Waals surface area contributed by atoms with Gasteiger partial charge < -0.3 is 24.1 Å². The van der Waals surface area contributed by atoms with Gasteiger partial charge in [0.2, 0.25) is 0 Å². The average Bonchev–Trinajstić information content (AvgIpc) is 3.12. The van der Waals surface area contributed by atoms with Crippen LogP contribution in [0.1, 0.15) is 14.5 Å². The number of nitrogens with one attached hydrogen (secondary N) is 1. The Morgan fingerprint density at radius 1 is 1.48 bits per heavy atom. The van der Waals surface area contributed by atoms with Crippen LogP contribution < -0.4 is 11.2 Å². The number of aromatic amines is 1. The maximum Gasteiger partial charge on any atom is 0.535 e. The number of hydrogen-bond donors (Lipinski definition) is 2. The summed E-state index contributed by atoms with van der Waals surface area (Å²) < 4.78 is 28.7. The zero-order valence-electron chi connectivity index (χ0n) is 13.9. The minimum absolute atomic E-state index is 0.0712. The number of rotatable bonds is 4. The monoisotopic (exact) mass is 358 g/mol. The van der Waals surface area contributed by atoms with E-state index in [1.165, 1.54) is 0 Å². The van der Waals surface area contributed by atoms with E-state index >= 15 is 0 Å². The average molecular weight is 358 g/mol. The van der Waals surface area contributed by atoms with Crippen molar-refractivity contribution in [2.75, 3.05) is 13.2 Å². The lowest BCUT2D eigenvalue weighted by Gasteiger charge is -2.17. The highest BCUT2D eigenvalue weighted by atomic mass is 16.8. The van der Waals surface area contributed by atoms with Crippen molar-refractivity contribution in [1.29, 1.82) is 0 Å². The first-order valence-corrected chi connectivity index (χ1v) is 7.28. The molecule has 0 radical (unpaired) electrons. The van der Waals surface area contributed by atoms with E-state index in [4.69, 9.17) is 15.6 Å². The Bertz CT molecular complexity index is 835. The molecule has 12 heteroatoms. The second kappa shape index (κ2) is 6.94. The number of carbonyl (C=O) groups excluding carboxylic acids is 2. The molecule has 2 aliphatic heterocycles. The van der Waals surface area contributed by atoms with Gasteiger partial charge in [0.15, 0.2) is 23.9 Å². The third kappa shape index (κ3) is 3.34. The molecule has 0 aliphatic carbocycles. The van der Waals surface area contributed by atoms with Gasteiger partial charge in [-0.3, -0.25) is 14.4 Å². The predicted molar refractivity (Wildman–Crippen MR) is 74.9 cm³/mol. The molecule has 0 bridgehead atoms. The molecular formula is C13H15N3O9. The van der Waals surface area contributed by atoms with Gasteiger partial charge in [0.05, 0.1) is 14.6 Å². The van der Waals surface area contributed by atoms with Gasteiger partial charge in [-0.15, -0.1) is 0 Å². The molecule has 2 saturated heterocycles. The topological polar surface area (TPSA) is 151 Å². The van der Waals surface area contributed by atoms with Crippen molar-refractivity contribution < 1.29 is 39.9 Å². The second-order valence-electron chi connectivity index (χ2n) is 4.99. The van der Waals surface area contributed by atoms with Crippen molar-refractivity contribution in [2.24, 2.45) is 5.16 Å². The molecule has 0 saturated carbocycles. The van der Waals surface area contributed by atoms with Gasteiger partial charge in [0.1, 0.15) is 6.10 Å². The molecule has 2 N–H and O–H groups in total. The standard InChI is InChI=1S/C13H15N3O9/c1-2-21-12(19)25-15-7-3-4-16(11(18)14-7)10-9-8(6(5-17)22-10)23-13(20)24-9/h3-4,6,8-10,17H,2,5H2,1H3,(H,14,15,18)/t6-,8-,9-,10-/m1/s1/i3D. The van der Waals surface area contributed by atoms with Crippen molar-refractivity contribution in [3.05, 3.63) is 28.2 Å². The molecule has 1 aromatic rings. The van der Waals surface area contributed by atoms with Crippen LogP contribution >= 0.6 is 0 Å². The van der Waals surface area contributed by atoms with Crippen LogP contribution in [0.15, 0.2) is 22.2 Å². The molecule has 2 aliphatic rings. The minimum Gasteiger partial charge on any atom is -0.433 e. The van der Waals surface area contributed by atoms with Crippen LogP contribution in [0.3, 0.4) is 0 Å².